The molecule has 0 radical (unpaired) electrons. The minimum absolute atomic E-state index is 0.258. The highest BCUT2D eigenvalue weighted by Gasteiger charge is 2.36. The third-order valence-electron chi connectivity index (χ3n) is 4.44. The molecule has 3 aromatic rings. The zero-order valence-corrected chi connectivity index (χ0v) is 14.7. The first kappa shape index (κ1) is 17.4. The molecule has 1 aliphatic heterocycles. The van der Waals surface area contributed by atoms with Crippen molar-refractivity contribution in [3.05, 3.63) is 95.3 Å². The summed E-state index contributed by atoms with van der Waals surface area (Å²) in [4.78, 5) is 50.7. The highest BCUT2D eigenvalue weighted by molar-refractivity contribution is 6.22. The number of amides is 3. The Morgan fingerprint density at radius 1 is 0.786 bits per heavy atom. The van der Waals surface area contributed by atoms with E-state index < -0.39 is 24.3 Å². The molecule has 0 fully saturated rings. The summed E-state index contributed by atoms with van der Waals surface area (Å²) in [6.45, 7) is -0.441. The molecule has 28 heavy (non-hydrogen) atoms. The number of imide groups is 1. The van der Waals surface area contributed by atoms with Gasteiger partial charge in [0.05, 0.1) is 11.1 Å². The molecule has 0 unspecified atom stereocenters. The number of hydrogen-bond acceptors (Lipinski definition) is 4. The van der Waals surface area contributed by atoms with Crippen LogP contribution >= 0.6 is 0 Å². The van der Waals surface area contributed by atoms with Gasteiger partial charge in [0.15, 0.2) is 0 Å². The first-order valence-corrected chi connectivity index (χ1v) is 8.58. The monoisotopic (exact) mass is 373 g/mol. The molecule has 0 saturated carbocycles. The van der Waals surface area contributed by atoms with Gasteiger partial charge in [-0.25, -0.2) is 0 Å². The van der Waals surface area contributed by atoms with E-state index in [1.54, 1.807) is 66.7 Å². The van der Waals surface area contributed by atoms with Crippen LogP contribution in [0.5, 0.6) is 0 Å². The summed E-state index contributed by atoms with van der Waals surface area (Å²) in [5.74, 6) is -1.87. The molecule has 2 heterocycles. The maximum Gasteiger partial charge on any atom is 0.262 e. The smallest absolute Gasteiger partial charge is 0.262 e. The Kier molecular flexibility index (Phi) is 4.33. The lowest BCUT2D eigenvalue weighted by Crippen LogP contribution is -2.39. The van der Waals surface area contributed by atoms with Gasteiger partial charge in [0.2, 0.25) is 5.78 Å². The van der Waals surface area contributed by atoms with Crippen molar-refractivity contribution in [2.24, 2.45) is 0 Å². The number of nitrogens with one attached hydrogen (secondary N) is 1. The van der Waals surface area contributed by atoms with Crippen molar-refractivity contribution in [2.75, 3.05) is 12.0 Å². The van der Waals surface area contributed by atoms with Gasteiger partial charge in [0.25, 0.3) is 17.7 Å². The first-order chi connectivity index (χ1) is 13.6. The van der Waals surface area contributed by atoms with Gasteiger partial charge < -0.3 is 0 Å². The van der Waals surface area contributed by atoms with Crippen molar-refractivity contribution in [3.63, 3.8) is 0 Å². The fourth-order valence-corrected chi connectivity index (χ4v) is 3.10. The number of benzene rings is 2. The standard InChI is InChI=1S/C21H15N3O4/c25-18(13-23-20(27)15-9-4-5-10-16(15)21(23)28)22-24-12-6-11-17(24)19(26)14-7-2-1-3-8-14/h1-12H,13H2,(H,22,25). The third-order valence-corrected chi connectivity index (χ3v) is 4.44. The largest absolute Gasteiger partial charge is 0.287 e. The molecule has 3 amide bonds. The maximum absolute atomic E-state index is 12.6. The number of ketones is 1. The Morgan fingerprint density at radius 3 is 2.04 bits per heavy atom. The lowest BCUT2D eigenvalue weighted by molar-refractivity contribution is -0.117. The zero-order valence-electron chi connectivity index (χ0n) is 14.7. The Hall–Kier alpha value is -4.00. The molecule has 1 aromatic heterocycles. The van der Waals surface area contributed by atoms with Gasteiger partial charge >= 0.3 is 0 Å². The Morgan fingerprint density at radius 2 is 1.39 bits per heavy atom. The van der Waals surface area contributed by atoms with Crippen molar-refractivity contribution in [1.82, 2.24) is 9.58 Å². The molecule has 7 heteroatoms. The molecule has 0 atom stereocenters. The molecular weight excluding hydrogens is 358 g/mol. The number of aromatic nitrogens is 1. The first-order valence-electron chi connectivity index (χ1n) is 8.58. The normalized spacial score (nSPS) is 12.8. The predicted octanol–water partition coefficient (Wildman–Crippen LogP) is 2.09. The summed E-state index contributed by atoms with van der Waals surface area (Å²) in [7, 11) is 0. The van der Waals surface area contributed by atoms with E-state index in [4.69, 9.17) is 0 Å². The SMILES string of the molecule is O=C(CN1C(=O)c2ccccc2C1=O)Nn1cccc1C(=O)c1ccccc1. The minimum Gasteiger partial charge on any atom is -0.287 e. The highest BCUT2D eigenvalue weighted by atomic mass is 16.2. The van der Waals surface area contributed by atoms with Crippen LogP contribution in [0.1, 0.15) is 36.8 Å². The van der Waals surface area contributed by atoms with Crippen molar-refractivity contribution in [1.29, 1.82) is 0 Å². The van der Waals surface area contributed by atoms with Crippen LogP contribution in [0.25, 0.3) is 0 Å². The molecule has 2 aromatic carbocycles. The van der Waals surface area contributed by atoms with Crippen LogP contribution in [0.15, 0.2) is 72.9 Å². The average molecular weight is 373 g/mol. The van der Waals surface area contributed by atoms with Gasteiger partial charge in [-0.15, -0.1) is 0 Å². The minimum atomic E-state index is -0.590. The fourth-order valence-electron chi connectivity index (χ4n) is 3.10. The van der Waals surface area contributed by atoms with Gasteiger partial charge in [-0.05, 0) is 24.3 Å². The van der Waals surface area contributed by atoms with Crippen molar-refractivity contribution < 1.29 is 19.2 Å². The number of carbonyl (C=O) groups excluding carboxylic acids is 4. The van der Waals surface area contributed by atoms with Crippen molar-refractivity contribution >= 4 is 23.5 Å². The molecular formula is C21H15N3O4. The average Bonchev–Trinajstić information content (AvgIpc) is 3.27. The summed E-state index contributed by atoms with van der Waals surface area (Å²) in [5, 5.41) is 0. The Bertz CT molecular complexity index is 1070. The van der Waals surface area contributed by atoms with Crippen LogP contribution in [0, 0.1) is 0 Å². The van der Waals surface area contributed by atoms with E-state index in [1.807, 2.05) is 0 Å². The number of rotatable bonds is 5. The molecule has 0 spiro atoms. The van der Waals surface area contributed by atoms with Crippen LogP contribution in [0.4, 0.5) is 0 Å². The van der Waals surface area contributed by atoms with Crippen LogP contribution in [-0.2, 0) is 4.79 Å². The summed E-state index contributed by atoms with van der Waals surface area (Å²) in [5.41, 5.74) is 3.85. The molecule has 4 rings (SSSR count). The quantitative estimate of drug-likeness (QED) is 0.548. The van der Waals surface area contributed by atoms with Gasteiger partial charge in [-0.3, -0.25) is 34.2 Å². The number of hydrogen-bond donors (Lipinski definition) is 1. The maximum atomic E-state index is 12.6. The van der Waals surface area contributed by atoms with Crippen molar-refractivity contribution in [3.8, 4) is 0 Å². The lowest BCUT2D eigenvalue weighted by atomic mass is 10.1. The molecule has 1 N–H and O–H groups in total. The predicted molar refractivity (Wildman–Crippen MR) is 100 cm³/mol. The van der Waals surface area contributed by atoms with Crippen LogP contribution in [0.3, 0.4) is 0 Å². The van der Waals surface area contributed by atoms with E-state index in [0.717, 1.165) is 4.90 Å². The second-order valence-electron chi connectivity index (χ2n) is 6.24. The second kappa shape index (κ2) is 6.96. The van der Waals surface area contributed by atoms with E-state index >= 15 is 0 Å². The molecule has 1 aliphatic rings. The van der Waals surface area contributed by atoms with Crippen LogP contribution < -0.4 is 5.43 Å². The second-order valence-corrected chi connectivity index (χ2v) is 6.24. The zero-order chi connectivity index (χ0) is 19.7. The van der Waals surface area contributed by atoms with E-state index in [0.29, 0.717) is 5.56 Å². The molecule has 0 bridgehead atoms. The number of fused-ring (bicyclic) bond motifs is 1. The third kappa shape index (κ3) is 2.99. The van der Waals surface area contributed by atoms with E-state index in [9.17, 15) is 19.2 Å². The highest BCUT2D eigenvalue weighted by Crippen LogP contribution is 2.22. The topological polar surface area (TPSA) is 88.5 Å². The van der Waals surface area contributed by atoms with Crippen LogP contribution in [0.2, 0.25) is 0 Å². The Labute approximate surface area is 160 Å². The summed E-state index contributed by atoms with van der Waals surface area (Å²) < 4.78 is 1.29. The molecule has 0 saturated heterocycles. The number of carbonyl (C=O) groups is 4. The van der Waals surface area contributed by atoms with E-state index in [2.05, 4.69) is 5.43 Å². The lowest BCUT2D eigenvalue weighted by Gasteiger charge is -2.15. The van der Waals surface area contributed by atoms with Crippen molar-refractivity contribution in [2.45, 2.75) is 0 Å². The van der Waals surface area contributed by atoms with E-state index in [-0.39, 0.29) is 22.6 Å². The van der Waals surface area contributed by atoms with Gasteiger partial charge in [0, 0.05) is 11.8 Å². The molecule has 7 nitrogen and oxygen atoms in total. The fraction of sp³-hybridized carbons (Fsp3) is 0.0476. The summed E-state index contributed by atoms with van der Waals surface area (Å²) in [6, 6.07) is 18.3. The van der Waals surface area contributed by atoms with Gasteiger partial charge in [0.1, 0.15) is 12.2 Å². The van der Waals surface area contributed by atoms with E-state index in [1.165, 1.54) is 10.9 Å². The Balaban J connectivity index is 1.49. The van der Waals surface area contributed by atoms with Crippen LogP contribution in [-0.4, -0.2) is 39.6 Å². The summed E-state index contributed by atoms with van der Waals surface area (Å²) >= 11 is 0. The molecule has 0 aliphatic carbocycles. The number of nitrogens with zero attached hydrogens (tertiary/aromatic N) is 2. The summed E-state index contributed by atoms with van der Waals surface area (Å²) in [6.07, 6.45) is 1.52. The van der Waals surface area contributed by atoms with Gasteiger partial charge in [-0.1, -0.05) is 42.5 Å². The van der Waals surface area contributed by atoms with Gasteiger partial charge in [-0.2, -0.15) is 0 Å². The molecule has 138 valence electrons.